The molecule has 3 heteroatoms. The first-order valence-electron chi connectivity index (χ1n) is 12.0. The maximum atomic E-state index is 9.19. The van der Waals surface area contributed by atoms with Crippen LogP contribution in [0.2, 0.25) is 0 Å². The number of rotatable bonds is 2. The Morgan fingerprint density at radius 2 is 1.03 bits per heavy atom. The number of furan rings is 1. The average Bonchev–Trinajstić information content (AvgIpc) is 3.33. The van der Waals surface area contributed by atoms with Gasteiger partial charge in [-0.1, -0.05) is 54.6 Å². The molecule has 0 fully saturated rings. The highest BCUT2D eigenvalue weighted by molar-refractivity contribution is 6.08. The fraction of sp³-hybridized carbons (Fsp3) is 0. The van der Waals surface area contributed by atoms with Crippen molar-refractivity contribution >= 4 is 49.2 Å². The summed E-state index contributed by atoms with van der Waals surface area (Å²) in [4.78, 5) is 3.54. The molecule has 0 aliphatic rings. The number of benzene rings is 6. The summed E-state index contributed by atoms with van der Waals surface area (Å²) >= 11 is 0. The van der Waals surface area contributed by atoms with Crippen LogP contribution in [0.5, 0.6) is 0 Å². The molecule has 0 aliphatic carbocycles. The van der Waals surface area contributed by atoms with Crippen LogP contribution >= 0.6 is 0 Å². The lowest BCUT2D eigenvalue weighted by atomic mass is 9.97. The Kier molecular flexibility index (Phi) is 4.58. The van der Waals surface area contributed by atoms with E-state index in [0.29, 0.717) is 11.3 Å². The van der Waals surface area contributed by atoms with Crippen molar-refractivity contribution in [3.63, 3.8) is 0 Å². The number of hydrogen-bond donors (Lipinski definition) is 0. The normalized spacial score (nSPS) is 11.2. The van der Waals surface area contributed by atoms with Gasteiger partial charge < -0.3 is 4.42 Å². The molecule has 0 N–H and O–H groups in total. The third-order valence-electron chi connectivity index (χ3n) is 7.06. The minimum atomic E-state index is 0.653. The lowest BCUT2D eigenvalue weighted by Gasteiger charge is -2.06. The maximum Gasteiger partial charge on any atom is 0.187 e. The minimum absolute atomic E-state index is 0.653. The molecule has 0 atom stereocenters. The van der Waals surface area contributed by atoms with E-state index in [-0.39, 0.29) is 0 Å². The first kappa shape index (κ1) is 20.9. The van der Waals surface area contributed by atoms with Crippen molar-refractivity contribution in [3.8, 4) is 28.3 Å². The molecule has 7 rings (SSSR count). The van der Waals surface area contributed by atoms with E-state index < -0.39 is 0 Å². The predicted molar refractivity (Wildman–Crippen MR) is 151 cm³/mol. The summed E-state index contributed by atoms with van der Waals surface area (Å²) in [6, 6.07) is 39.2. The molecule has 170 valence electrons. The molecule has 6 aromatic carbocycles. The molecule has 1 aromatic heterocycles. The Hall–Kier alpha value is -5.38. The predicted octanol–water partition coefficient (Wildman–Crippen LogP) is 9.65. The highest BCUT2D eigenvalue weighted by atomic mass is 16.3. The van der Waals surface area contributed by atoms with Gasteiger partial charge in [0.15, 0.2) is 5.69 Å². The third kappa shape index (κ3) is 3.50. The second kappa shape index (κ2) is 8.09. The fourth-order valence-electron chi connectivity index (χ4n) is 5.11. The van der Waals surface area contributed by atoms with E-state index in [1.165, 1.54) is 0 Å². The van der Waals surface area contributed by atoms with Crippen molar-refractivity contribution in [1.82, 2.24) is 0 Å². The van der Waals surface area contributed by atoms with Crippen LogP contribution in [-0.4, -0.2) is 0 Å². The third-order valence-corrected chi connectivity index (χ3v) is 7.06. The van der Waals surface area contributed by atoms with Gasteiger partial charge in [0, 0.05) is 10.8 Å². The van der Waals surface area contributed by atoms with Crippen molar-refractivity contribution in [3.05, 3.63) is 126 Å². The van der Waals surface area contributed by atoms with E-state index >= 15 is 0 Å². The second-order valence-electron chi connectivity index (χ2n) is 9.27. The second-order valence-corrected chi connectivity index (χ2v) is 9.27. The standard InChI is InChI=1S/C34H18N2O/c1-36-30-11-8-26-16-25(6-7-27(26)17-30)29-10-13-34-32(19-29)31-18-28(9-12-33(31)37-34)24-5-4-22-14-21(20-35)2-3-23(22)15-24/h2-19H. The maximum absolute atomic E-state index is 9.19. The fourth-order valence-corrected chi connectivity index (χ4v) is 5.11. The van der Waals surface area contributed by atoms with Crippen molar-refractivity contribution in [2.24, 2.45) is 0 Å². The Balaban J connectivity index is 1.34. The molecule has 0 unspecified atom stereocenters. The molecule has 1 heterocycles. The summed E-state index contributed by atoms with van der Waals surface area (Å²) in [5.74, 6) is 0. The van der Waals surface area contributed by atoms with Crippen LogP contribution in [0.25, 0.3) is 70.6 Å². The van der Waals surface area contributed by atoms with Gasteiger partial charge in [-0.3, -0.25) is 0 Å². The Labute approximate surface area is 213 Å². The van der Waals surface area contributed by atoms with E-state index in [4.69, 9.17) is 11.0 Å². The Morgan fingerprint density at radius 3 is 1.62 bits per heavy atom. The summed E-state index contributed by atoms with van der Waals surface area (Å²) in [5, 5.41) is 15.7. The first-order valence-corrected chi connectivity index (χ1v) is 12.0. The van der Waals surface area contributed by atoms with E-state index in [0.717, 1.165) is 65.7 Å². The molecular formula is C34H18N2O. The van der Waals surface area contributed by atoms with Gasteiger partial charge in [0.2, 0.25) is 0 Å². The molecule has 0 bridgehead atoms. The van der Waals surface area contributed by atoms with Crippen molar-refractivity contribution in [1.29, 1.82) is 5.26 Å². The molecule has 0 saturated heterocycles. The van der Waals surface area contributed by atoms with Crippen LogP contribution in [0.4, 0.5) is 5.69 Å². The van der Waals surface area contributed by atoms with Gasteiger partial charge in [0.05, 0.1) is 18.2 Å². The zero-order valence-electron chi connectivity index (χ0n) is 19.7. The topological polar surface area (TPSA) is 41.3 Å². The molecule has 0 spiro atoms. The highest BCUT2D eigenvalue weighted by Crippen LogP contribution is 2.36. The van der Waals surface area contributed by atoms with Gasteiger partial charge in [0.25, 0.3) is 0 Å². The van der Waals surface area contributed by atoms with E-state index in [2.05, 4.69) is 71.6 Å². The van der Waals surface area contributed by atoms with Gasteiger partial charge in [-0.2, -0.15) is 5.26 Å². The average molecular weight is 471 g/mol. The van der Waals surface area contributed by atoms with Crippen molar-refractivity contribution in [2.45, 2.75) is 0 Å². The molecule has 0 saturated carbocycles. The number of hydrogen-bond acceptors (Lipinski definition) is 2. The molecule has 37 heavy (non-hydrogen) atoms. The van der Waals surface area contributed by atoms with Gasteiger partial charge in [-0.15, -0.1) is 0 Å². The monoisotopic (exact) mass is 470 g/mol. The van der Waals surface area contributed by atoms with Crippen molar-refractivity contribution in [2.75, 3.05) is 0 Å². The van der Waals surface area contributed by atoms with Crippen LogP contribution in [0.3, 0.4) is 0 Å². The van der Waals surface area contributed by atoms with E-state index in [1.807, 2.05) is 48.5 Å². The Morgan fingerprint density at radius 1 is 0.541 bits per heavy atom. The summed E-state index contributed by atoms with van der Waals surface area (Å²) in [6.07, 6.45) is 0. The van der Waals surface area contributed by atoms with Gasteiger partial charge >= 0.3 is 0 Å². The van der Waals surface area contributed by atoms with Crippen molar-refractivity contribution < 1.29 is 4.42 Å². The smallest absolute Gasteiger partial charge is 0.187 e. The highest BCUT2D eigenvalue weighted by Gasteiger charge is 2.11. The molecule has 0 aliphatic heterocycles. The summed E-state index contributed by atoms with van der Waals surface area (Å²) in [7, 11) is 0. The Bertz CT molecular complexity index is 1970. The number of nitrogens with zero attached hydrogens (tertiary/aromatic N) is 2. The number of nitriles is 1. The van der Waals surface area contributed by atoms with E-state index in [9.17, 15) is 5.26 Å². The van der Waals surface area contributed by atoms with Gasteiger partial charge in [-0.05, 0) is 98.4 Å². The van der Waals surface area contributed by atoms with E-state index in [1.54, 1.807) is 0 Å². The van der Waals surface area contributed by atoms with Crippen LogP contribution in [-0.2, 0) is 0 Å². The van der Waals surface area contributed by atoms with Crippen LogP contribution in [0.15, 0.2) is 114 Å². The zero-order chi connectivity index (χ0) is 24.9. The van der Waals surface area contributed by atoms with Crippen LogP contribution in [0, 0.1) is 17.9 Å². The molecular weight excluding hydrogens is 452 g/mol. The largest absolute Gasteiger partial charge is 0.456 e. The summed E-state index contributed by atoms with van der Waals surface area (Å²) in [5.41, 5.74) is 7.53. The molecule has 7 aromatic rings. The number of fused-ring (bicyclic) bond motifs is 5. The molecule has 0 amide bonds. The molecule has 0 radical (unpaired) electrons. The van der Waals surface area contributed by atoms with Gasteiger partial charge in [-0.25, -0.2) is 4.85 Å². The zero-order valence-corrected chi connectivity index (χ0v) is 19.7. The van der Waals surface area contributed by atoms with Crippen LogP contribution in [0.1, 0.15) is 5.56 Å². The van der Waals surface area contributed by atoms with Gasteiger partial charge in [0.1, 0.15) is 11.2 Å². The lowest BCUT2D eigenvalue weighted by molar-refractivity contribution is 0.669. The summed E-state index contributed by atoms with van der Waals surface area (Å²) < 4.78 is 6.17. The van der Waals surface area contributed by atoms with Crippen LogP contribution < -0.4 is 0 Å². The molecule has 3 nitrogen and oxygen atoms in total. The lowest BCUT2D eigenvalue weighted by Crippen LogP contribution is -1.81. The minimum Gasteiger partial charge on any atom is -0.456 e. The first-order chi connectivity index (χ1) is 18.2. The quantitative estimate of drug-likeness (QED) is 0.236. The SMILES string of the molecule is [C-]#[N+]c1ccc2cc(-c3ccc4oc5ccc(-c6ccc7cc(C#N)ccc7c6)cc5c4c3)ccc2c1. The summed E-state index contributed by atoms with van der Waals surface area (Å²) in [6.45, 7) is 7.25.